The summed E-state index contributed by atoms with van der Waals surface area (Å²) in [5.41, 5.74) is 1.37. The second-order valence-electron chi connectivity index (χ2n) is 8.39. The van der Waals surface area contributed by atoms with E-state index in [-0.39, 0.29) is 24.0 Å². The molecule has 3 unspecified atom stereocenters. The molecule has 0 spiro atoms. The first-order valence-electron chi connectivity index (χ1n) is 10.5. The second-order valence-corrected chi connectivity index (χ2v) is 8.39. The fourth-order valence-corrected chi connectivity index (χ4v) is 4.11. The van der Waals surface area contributed by atoms with Crippen LogP contribution < -0.4 is 10.6 Å². The number of rotatable bonds is 8. The first-order chi connectivity index (χ1) is 13.1. The zero-order valence-corrected chi connectivity index (χ0v) is 20.2. The number of nitrogens with one attached hydrogen (secondary N) is 2. The lowest BCUT2D eigenvalue weighted by Gasteiger charge is -2.25. The Morgan fingerprint density at radius 2 is 2.00 bits per heavy atom. The predicted octanol–water partition coefficient (Wildman–Crippen LogP) is 3.31. The van der Waals surface area contributed by atoms with Crippen LogP contribution >= 0.6 is 24.0 Å². The molecule has 2 aliphatic rings. The maximum absolute atomic E-state index is 4.43. The van der Waals surface area contributed by atoms with Crippen molar-refractivity contribution in [1.82, 2.24) is 20.4 Å². The lowest BCUT2D eigenvalue weighted by atomic mass is 10.1. The van der Waals surface area contributed by atoms with Gasteiger partial charge in [0, 0.05) is 50.8 Å². The van der Waals surface area contributed by atoms with Gasteiger partial charge < -0.3 is 10.6 Å². The predicted molar refractivity (Wildman–Crippen MR) is 129 cm³/mol. The summed E-state index contributed by atoms with van der Waals surface area (Å²) < 4.78 is 0. The first-order valence-corrected chi connectivity index (χ1v) is 10.5. The summed E-state index contributed by atoms with van der Waals surface area (Å²) in [4.78, 5) is 9.52. The van der Waals surface area contributed by atoms with E-state index in [2.05, 4.69) is 76.7 Å². The number of hydrogen-bond acceptors (Lipinski definition) is 3. The molecule has 0 bridgehead atoms. The van der Waals surface area contributed by atoms with Gasteiger partial charge in [0.15, 0.2) is 5.96 Å². The van der Waals surface area contributed by atoms with Crippen LogP contribution in [0.25, 0.3) is 0 Å². The van der Waals surface area contributed by atoms with Gasteiger partial charge in [-0.25, -0.2) is 0 Å². The average molecular weight is 499 g/mol. The van der Waals surface area contributed by atoms with E-state index in [1.807, 2.05) is 7.05 Å². The maximum atomic E-state index is 4.43. The summed E-state index contributed by atoms with van der Waals surface area (Å²) in [5.74, 6) is 0.947. The van der Waals surface area contributed by atoms with Gasteiger partial charge in [0.2, 0.25) is 0 Å². The smallest absolute Gasteiger partial charge is 0.191 e. The highest BCUT2D eigenvalue weighted by molar-refractivity contribution is 14.0. The molecular formula is C22H38IN5. The van der Waals surface area contributed by atoms with Crippen molar-refractivity contribution in [1.29, 1.82) is 0 Å². The molecule has 6 heteroatoms. The minimum absolute atomic E-state index is 0. The van der Waals surface area contributed by atoms with E-state index in [0.717, 1.165) is 38.1 Å². The molecule has 1 aliphatic heterocycles. The summed E-state index contributed by atoms with van der Waals surface area (Å²) in [7, 11) is 4.08. The molecule has 3 rings (SSSR count). The van der Waals surface area contributed by atoms with E-state index in [4.69, 9.17) is 0 Å². The van der Waals surface area contributed by atoms with Gasteiger partial charge in [0.05, 0.1) is 0 Å². The van der Waals surface area contributed by atoms with Gasteiger partial charge in [0.1, 0.15) is 0 Å². The Labute approximate surface area is 188 Å². The summed E-state index contributed by atoms with van der Waals surface area (Å²) >= 11 is 0. The Morgan fingerprint density at radius 3 is 2.64 bits per heavy atom. The van der Waals surface area contributed by atoms with Gasteiger partial charge in [-0.15, -0.1) is 24.0 Å². The summed E-state index contributed by atoms with van der Waals surface area (Å²) in [5, 5.41) is 7.15. The van der Waals surface area contributed by atoms with Crippen LogP contribution in [0.15, 0.2) is 35.3 Å². The van der Waals surface area contributed by atoms with Crippen LogP contribution in [0.1, 0.15) is 45.1 Å². The van der Waals surface area contributed by atoms with Crippen LogP contribution in [0.3, 0.4) is 0 Å². The Kier molecular flexibility index (Phi) is 9.50. The highest BCUT2D eigenvalue weighted by atomic mass is 127. The van der Waals surface area contributed by atoms with Crippen molar-refractivity contribution in [2.24, 2.45) is 4.99 Å². The maximum Gasteiger partial charge on any atom is 0.191 e. The lowest BCUT2D eigenvalue weighted by molar-refractivity contribution is 0.238. The van der Waals surface area contributed by atoms with Crippen LogP contribution in [-0.2, 0) is 6.54 Å². The molecule has 1 aliphatic carbocycles. The molecule has 1 heterocycles. The number of guanidine groups is 1. The van der Waals surface area contributed by atoms with Crippen molar-refractivity contribution in [3.63, 3.8) is 0 Å². The number of hydrogen-bond donors (Lipinski definition) is 2. The Bertz CT molecular complexity index is 604. The molecule has 158 valence electrons. The minimum Gasteiger partial charge on any atom is -0.356 e. The van der Waals surface area contributed by atoms with Gasteiger partial charge in [-0.3, -0.25) is 14.8 Å². The van der Waals surface area contributed by atoms with Crippen molar-refractivity contribution >= 4 is 29.9 Å². The minimum atomic E-state index is 0. The van der Waals surface area contributed by atoms with Crippen LogP contribution in [0, 0.1) is 0 Å². The third-order valence-electron chi connectivity index (χ3n) is 6.09. The van der Waals surface area contributed by atoms with Gasteiger partial charge in [-0.1, -0.05) is 30.3 Å². The van der Waals surface area contributed by atoms with Crippen molar-refractivity contribution in [3.05, 3.63) is 35.9 Å². The van der Waals surface area contributed by atoms with E-state index in [1.165, 1.54) is 24.8 Å². The first kappa shape index (κ1) is 23.4. The van der Waals surface area contributed by atoms with Crippen molar-refractivity contribution in [2.45, 2.75) is 70.2 Å². The van der Waals surface area contributed by atoms with E-state index >= 15 is 0 Å². The van der Waals surface area contributed by atoms with Crippen molar-refractivity contribution in [2.75, 3.05) is 27.2 Å². The SMILES string of the molecule is CN=C(NCCC(C)N(C)Cc1ccccc1)NC1CC(C)N(C2CC2)C1.I. The number of likely N-dealkylation sites (tertiary alicyclic amines) is 1. The van der Waals surface area contributed by atoms with Crippen LogP contribution in [-0.4, -0.2) is 67.1 Å². The Morgan fingerprint density at radius 1 is 1.29 bits per heavy atom. The molecule has 2 N–H and O–H groups in total. The third-order valence-corrected chi connectivity index (χ3v) is 6.09. The summed E-state index contributed by atoms with van der Waals surface area (Å²) in [6.07, 6.45) is 5.09. The molecule has 5 nitrogen and oxygen atoms in total. The van der Waals surface area contributed by atoms with Gasteiger partial charge in [-0.05, 0) is 52.1 Å². The standard InChI is InChI=1S/C22H37N5.HI/c1-17(26(4)15-19-8-6-5-7-9-19)12-13-24-22(23-3)25-20-14-18(2)27(16-20)21-10-11-21;/h5-9,17-18,20-21H,10-16H2,1-4H3,(H2,23,24,25);1H. The largest absolute Gasteiger partial charge is 0.356 e. The highest BCUT2D eigenvalue weighted by Gasteiger charge is 2.38. The fraction of sp³-hybridized carbons (Fsp3) is 0.682. The number of benzene rings is 1. The molecule has 28 heavy (non-hydrogen) atoms. The molecule has 2 fully saturated rings. The molecule has 0 amide bonds. The zero-order chi connectivity index (χ0) is 19.2. The monoisotopic (exact) mass is 499 g/mol. The molecular weight excluding hydrogens is 461 g/mol. The van der Waals surface area contributed by atoms with Gasteiger partial charge >= 0.3 is 0 Å². The molecule has 0 radical (unpaired) electrons. The zero-order valence-electron chi connectivity index (χ0n) is 17.9. The summed E-state index contributed by atoms with van der Waals surface area (Å²) in [6.45, 7) is 7.75. The Hall–Kier alpha value is -0.860. The summed E-state index contributed by atoms with van der Waals surface area (Å²) in [6, 6.07) is 13.3. The number of halogens is 1. The van der Waals surface area contributed by atoms with Crippen LogP contribution in [0.4, 0.5) is 0 Å². The number of nitrogens with zero attached hydrogens (tertiary/aromatic N) is 3. The molecule has 3 atom stereocenters. The fourth-order valence-electron chi connectivity index (χ4n) is 4.11. The van der Waals surface area contributed by atoms with Gasteiger partial charge in [-0.2, -0.15) is 0 Å². The second kappa shape index (κ2) is 11.4. The van der Waals surface area contributed by atoms with Crippen LogP contribution in [0.2, 0.25) is 0 Å². The molecule has 0 aromatic heterocycles. The lowest BCUT2D eigenvalue weighted by Crippen LogP contribution is -2.45. The molecule has 1 saturated carbocycles. The van der Waals surface area contributed by atoms with E-state index in [9.17, 15) is 0 Å². The van der Waals surface area contributed by atoms with E-state index in [1.54, 1.807) is 0 Å². The third kappa shape index (κ3) is 6.88. The normalized spacial score (nSPS) is 24.1. The van der Waals surface area contributed by atoms with E-state index < -0.39 is 0 Å². The molecule has 1 saturated heterocycles. The van der Waals surface area contributed by atoms with Crippen molar-refractivity contribution < 1.29 is 0 Å². The van der Waals surface area contributed by atoms with Gasteiger partial charge in [0.25, 0.3) is 0 Å². The van der Waals surface area contributed by atoms with Crippen molar-refractivity contribution in [3.8, 4) is 0 Å². The molecule has 1 aromatic rings. The Balaban J connectivity index is 0.00000280. The molecule has 1 aromatic carbocycles. The quantitative estimate of drug-likeness (QED) is 0.327. The van der Waals surface area contributed by atoms with Crippen LogP contribution in [0.5, 0.6) is 0 Å². The number of aliphatic imine (C=N–C) groups is 1. The topological polar surface area (TPSA) is 42.9 Å². The van der Waals surface area contributed by atoms with E-state index in [0.29, 0.717) is 18.1 Å². The average Bonchev–Trinajstić information content (AvgIpc) is 3.44. The highest BCUT2D eigenvalue weighted by Crippen LogP contribution is 2.33.